The lowest BCUT2D eigenvalue weighted by atomic mass is 10.2. The van der Waals surface area contributed by atoms with Crippen LogP contribution in [0.15, 0.2) is 10.8 Å². The van der Waals surface area contributed by atoms with Gasteiger partial charge in [-0.05, 0) is 17.9 Å². The van der Waals surface area contributed by atoms with E-state index in [4.69, 9.17) is 16.3 Å². The lowest BCUT2D eigenvalue weighted by Crippen LogP contribution is -2.35. The third-order valence-corrected chi connectivity index (χ3v) is 3.32. The Kier molecular flexibility index (Phi) is 5.80. The van der Waals surface area contributed by atoms with E-state index in [0.717, 1.165) is 11.1 Å². The van der Waals surface area contributed by atoms with Crippen molar-refractivity contribution < 1.29 is 9.53 Å². The predicted octanol–water partition coefficient (Wildman–Crippen LogP) is 2.38. The van der Waals surface area contributed by atoms with E-state index in [1.165, 1.54) is 0 Å². The van der Waals surface area contributed by atoms with E-state index in [1.807, 2.05) is 17.7 Å². The number of alkyl halides is 1. The van der Waals surface area contributed by atoms with Crippen LogP contribution in [0.4, 0.5) is 0 Å². The van der Waals surface area contributed by atoms with E-state index < -0.39 is 0 Å². The van der Waals surface area contributed by atoms with Crippen molar-refractivity contribution in [2.75, 3.05) is 32.7 Å². The zero-order valence-corrected chi connectivity index (χ0v) is 11.1. The van der Waals surface area contributed by atoms with E-state index in [0.29, 0.717) is 25.6 Å². The molecule has 0 bridgehead atoms. The number of aryl methyl sites for hydroxylation is 1. The Morgan fingerprint density at radius 3 is 2.75 bits per heavy atom. The van der Waals surface area contributed by atoms with Gasteiger partial charge in [-0.15, -0.1) is 11.6 Å². The molecule has 0 atom stereocenters. The molecule has 0 fully saturated rings. The Morgan fingerprint density at radius 1 is 1.50 bits per heavy atom. The molecule has 0 saturated carbocycles. The van der Waals surface area contributed by atoms with E-state index in [2.05, 4.69) is 0 Å². The summed E-state index contributed by atoms with van der Waals surface area (Å²) in [5.41, 5.74) is 1.79. The summed E-state index contributed by atoms with van der Waals surface area (Å²) in [6.07, 6.45) is 0. The summed E-state index contributed by atoms with van der Waals surface area (Å²) in [5.74, 6) is 0.481. The second-order valence-electron chi connectivity index (χ2n) is 3.44. The van der Waals surface area contributed by atoms with Gasteiger partial charge in [0.1, 0.15) is 0 Å². The molecule has 0 aromatic carbocycles. The van der Waals surface area contributed by atoms with Crippen LogP contribution in [-0.2, 0) is 4.74 Å². The molecule has 3 nitrogen and oxygen atoms in total. The van der Waals surface area contributed by atoms with Crippen molar-refractivity contribution in [1.82, 2.24) is 4.90 Å². The lowest BCUT2D eigenvalue weighted by Gasteiger charge is -2.21. The predicted molar refractivity (Wildman–Crippen MR) is 67.6 cm³/mol. The summed E-state index contributed by atoms with van der Waals surface area (Å²) in [4.78, 5) is 13.9. The molecule has 1 rings (SSSR count). The van der Waals surface area contributed by atoms with Crippen molar-refractivity contribution in [3.8, 4) is 0 Å². The van der Waals surface area contributed by atoms with Crippen LogP contribution in [0.1, 0.15) is 15.9 Å². The molecule has 0 aliphatic heterocycles. The SMILES string of the molecule is COCCN(CCCl)C(=O)c1cscc1C. The number of thiophene rings is 1. The second kappa shape index (κ2) is 6.89. The number of hydrogen-bond donors (Lipinski definition) is 0. The Hall–Kier alpha value is -0.580. The topological polar surface area (TPSA) is 29.5 Å². The Balaban J connectivity index is 2.70. The van der Waals surface area contributed by atoms with E-state index in [9.17, 15) is 4.79 Å². The maximum atomic E-state index is 12.1. The molecule has 16 heavy (non-hydrogen) atoms. The first-order valence-electron chi connectivity index (χ1n) is 5.07. The molecule has 0 aliphatic rings. The summed E-state index contributed by atoms with van der Waals surface area (Å²) >= 11 is 7.23. The van der Waals surface area contributed by atoms with Gasteiger partial charge in [0.05, 0.1) is 12.2 Å². The van der Waals surface area contributed by atoms with Crippen LogP contribution in [0.5, 0.6) is 0 Å². The van der Waals surface area contributed by atoms with Gasteiger partial charge in [-0.2, -0.15) is 11.3 Å². The summed E-state index contributed by atoms with van der Waals surface area (Å²) in [6.45, 7) is 3.61. The quantitative estimate of drug-likeness (QED) is 0.736. The van der Waals surface area contributed by atoms with E-state index in [1.54, 1.807) is 23.3 Å². The van der Waals surface area contributed by atoms with E-state index in [-0.39, 0.29) is 5.91 Å². The van der Waals surface area contributed by atoms with E-state index >= 15 is 0 Å². The smallest absolute Gasteiger partial charge is 0.255 e. The van der Waals surface area contributed by atoms with Crippen molar-refractivity contribution in [2.45, 2.75) is 6.92 Å². The minimum Gasteiger partial charge on any atom is -0.383 e. The summed E-state index contributed by atoms with van der Waals surface area (Å²) in [6, 6.07) is 0. The molecule has 0 spiro atoms. The van der Waals surface area contributed by atoms with Crippen LogP contribution in [0.2, 0.25) is 0 Å². The molecule has 0 aliphatic carbocycles. The molecule has 0 unspecified atom stereocenters. The normalized spacial score (nSPS) is 10.4. The van der Waals surface area contributed by atoms with Crippen LogP contribution < -0.4 is 0 Å². The van der Waals surface area contributed by atoms with Gasteiger partial charge in [-0.25, -0.2) is 0 Å². The highest BCUT2D eigenvalue weighted by Crippen LogP contribution is 2.16. The summed E-state index contributed by atoms with van der Waals surface area (Å²) in [5, 5.41) is 3.86. The summed E-state index contributed by atoms with van der Waals surface area (Å²) < 4.78 is 4.98. The maximum Gasteiger partial charge on any atom is 0.255 e. The number of amides is 1. The number of hydrogen-bond acceptors (Lipinski definition) is 3. The molecule has 5 heteroatoms. The van der Waals surface area contributed by atoms with Crippen LogP contribution in [0.25, 0.3) is 0 Å². The van der Waals surface area contributed by atoms with Crippen molar-refractivity contribution in [2.24, 2.45) is 0 Å². The number of rotatable bonds is 6. The Labute approximate surface area is 105 Å². The Bertz CT molecular complexity index is 340. The van der Waals surface area contributed by atoms with Gasteiger partial charge in [0.15, 0.2) is 0 Å². The molecule has 1 aromatic heterocycles. The van der Waals surface area contributed by atoms with Crippen molar-refractivity contribution >= 4 is 28.8 Å². The van der Waals surface area contributed by atoms with Crippen LogP contribution >= 0.6 is 22.9 Å². The van der Waals surface area contributed by atoms with Crippen LogP contribution in [0, 0.1) is 6.92 Å². The number of nitrogens with zero attached hydrogens (tertiary/aromatic N) is 1. The third kappa shape index (κ3) is 3.47. The minimum atomic E-state index is 0.0384. The minimum absolute atomic E-state index is 0.0384. The van der Waals surface area contributed by atoms with Gasteiger partial charge in [0, 0.05) is 31.5 Å². The number of ether oxygens (including phenoxy) is 1. The fourth-order valence-corrected chi connectivity index (χ4v) is 2.39. The third-order valence-electron chi connectivity index (χ3n) is 2.29. The number of carbonyl (C=O) groups is 1. The second-order valence-corrected chi connectivity index (χ2v) is 4.56. The van der Waals surface area contributed by atoms with Gasteiger partial charge in [-0.3, -0.25) is 4.79 Å². The number of carbonyl (C=O) groups excluding carboxylic acids is 1. The van der Waals surface area contributed by atoms with Crippen molar-refractivity contribution in [3.05, 3.63) is 21.9 Å². The summed E-state index contributed by atoms with van der Waals surface area (Å²) in [7, 11) is 1.62. The zero-order valence-electron chi connectivity index (χ0n) is 9.53. The largest absolute Gasteiger partial charge is 0.383 e. The van der Waals surface area contributed by atoms with Crippen molar-refractivity contribution in [3.63, 3.8) is 0 Å². The first-order valence-corrected chi connectivity index (χ1v) is 6.55. The fourth-order valence-electron chi connectivity index (χ4n) is 1.37. The Morgan fingerprint density at radius 2 is 2.25 bits per heavy atom. The molecule has 1 amide bonds. The van der Waals surface area contributed by atoms with Gasteiger partial charge >= 0.3 is 0 Å². The highest BCUT2D eigenvalue weighted by Gasteiger charge is 2.17. The number of methoxy groups -OCH3 is 1. The average Bonchev–Trinajstić information content (AvgIpc) is 2.69. The molecule has 90 valence electrons. The van der Waals surface area contributed by atoms with Crippen LogP contribution in [-0.4, -0.2) is 43.5 Å². The molecular formula is C11H16ClNO2S. The first-order chi connectivity index (χ1) is 7.70. The van der Waals surface area contributed by atoms with Crippen molar-refractivity contribution in [1.29, 1.82) is 0 Å². The van der Waals surface area contributed by atoms with Gasteiger partial charge in [-0.1, -0.05) is 0 Å². The average molecular weight is 262 g/mol. The van der Waals surface area contributed by atoms with Gasteiger partial charge in [0.25, 0.3) is 5.91 Å². The fraction of sp³-hybridized carbons (Fsp3) is 0.545. The standard InChI is InChI=1S/C11H16ClNO2S/c1-9-7-16-8-10(9)11(14)13(4-3-12)5-6-15-2/h7-8H,3-6H2,1-2H3. The first kappa shape index (κ1) is 13.5. The maximum absolute atomic E-state index is 12.1. The highest BCUT2D eigenvalue weighted by atomic mass is 35.5. The molecule has 1 aromatic rings. The highest BCUT2D eigenvalue weighted by molar-refractivity contribution is 7.08. The monoisotopic (exact) mass is 261 g/mol. The molecule has 1 heterocycles. The molecule has 0 N–H and O–H groups in total. The molecule has 0 radical (unpaired) electrons. The lowest BCUT2D eigenvalue weighted by molar-refractivity contribution is 0.0707. The zero-order chi connectivity index (χ0) is 12.0. The van der Waals surface area contributed by atoms with Gasteiger partial charge < -0.3 is 9.64 Å². The van der Waals surface area contributed by atoms with Gasteiger partial charge in [0.2, 0.25) is 0 Å². The number of halogens is 1. The molecular weight excluding hydrogens is 246 g/mol. The molecule has 0 saturated heterocycles. The van der Waals surface area contributed by atoms with Crippen LogP contribution in [0.3, 0.4) is 0 Å².